The molecule has 0 radical (unpaired) electrons. The van der Waals surface area contributed by atoms with Gasteiger partial charge < -0.3 is 18.6 Å². The van der Waals surface area contributed by atoms with Crippen LogP contribution in [0.15, 0.2) is 57.3 Å². The lowest BCUT2D eigenvalue weighted by atomic mass is 9.71. The maximum Gasteiger partial charge on any atom is 0.234 e. The van der Waals surface area contributed by atoms with Crippen LogP contribution in [0, 0.1) is 11.8 Å². The van der Waals surface area contributed by atoms with Gasteiger partial charge in [-0.3, -0.25) is 19.3 Å². The van der Waals surface area contributed by atoms with E-state index in [2.05, 4.69) is 0 Å². The molecule has 1 aliphatic carbocycles. The van der Waals surface area contributed by atoms with Crippen molar-refractivity contribution in [2.24, 2.45) is 11.8 Å². The van der Waals surface area contributed by atoms with Crippen molar-refractivity contribution in [1.82, 2.24) is 4.90 Å². The maximum atomic E-state index is 13.5. The van der Waals surface area contributed by atoms with Gasteiger partial charge in [0.25, 0.3) is 0 Å². The highest BCUT2D eigenvalue weighted by Gasteiger charge is 2.52. The summed E-state index contributed by atoms with van der Waals surface area (Å²) in [6.45, 7) is 4.07. The van der Waals surface area contributed by atoms with Crippen molar-refractivity contribution in [1.29, 1.82) is 0 Å². The van der Waals surface area contributed by atoms with Gasteiger partial charge in [0.1, 0.15) is 34.0 Å². The molecule has 1 saturated heterocycles. The Hall–Kier alpha value is -4.07. The van der Waals surface area contributed by atoms with Gasteiger partial charge in [-0.15, -0.1) is 0 Å². The minimum Gasteiger partial charge on any atom is -0.497 e. The molecular formula is C29H29NO7. The van der Waals surface area contributed by atoms with Gasteiger partial charge in [-0.25, -0.2) is 0 Å². The highest BCUT2D eigenvalue weighted by Crippen LogP contribution is 2.51. The van der Waals surface area contributed by atoms with Crippen molar-refractivity contribution in [3.05, 3.63) is 63.8 Å². The van der Waals surface area contributed by atoms with Gasteiger partial charge in [-0.2, -0.15) is 0 Å². The molecule has 2 aliphatic rings. The minimum absolute atomic E-state index is 0.155. The van der Waals surface area contributed by atoms with Crippen molar-refractivity contribution < 1.29 is 28.2 Å². The summed E-state index contributed by atoms with van der Waals surface area (Å²) in [6.07, 6.45) is 2.51. The number of rotatable bonds is 6. The first-order valence-corrected chi connectivity index (χ1v) is 12.2. The molecule has 2 aromatic carbocycles. The lowest BCUT2D eigenvalue weighted by Gasteiger charge is -2.31. The number of hydrogen-bond donors (Lipinski definition) is 0. The van der Waals surface area contributed by atoms with Crippen LogP contribution in [0.25, 0.3) is 22.3 Å². The van der Waals surface area contributed by atoms with Crippen LogP contribution in [-0.2, 0) is 9.59 Å². The SMILES string of the molecule is CCN1C(=O)[C@H]2[C@@H](c3c(OC)cc4oc(-c5ccc(OC)cc5)cc(=O)c4c3OC)C=C(C)C[C@H]2C1=O. The second-order valence-corrected chi connectivity index (χ2v) is 9.40. The number of hydrogen-bond acceptors (Lipinski definition) is 7. The molecule has 0 bridgehead atoms. The Labute approximate surface area is 214 Å². The lowest BCUT2D eigenvalue weighted by molar-refractivity contribution is -0.139. The van der Waals surface area contributed by atoms with E-state index in [9.17, 15) is 14.4 Å². The van der Waals surface area contributed by atoms with E-state index >= 15 is 0 Å². The number of carbonyl (C=O) groups is 2. The third-order valence-electron chi connectivity index (χ3n) is 7.38. The average Bonchev–Trinajstić information content (AvgIpc) is 3.15. The number of methoxy groups -OCH3 is 3. The summed E-state index contributed by atoms with van der Waals surface area (Å²) >= 11 is 0. The molecule has 2 heterocycles. The molecule has 8 heteroatoms. The zero-order valence-corrected chi connectivity index (χ0v) is 21.5. The Kier molecular flexibility index (Phi) is 6.27. The van der Waals surface area contributed by atoms with Gasteiger partial charge in [-0.1, -0.05) is 11.6 Å². The van der Waals surface area contributed by atoms with E-state index in [-0.39, 0.29) is 28.4 Å². The molecule has 37 heavy (non-hydrogen) atoms. The summed E-state index contributed by atoms with van der Waals surface area (Å²) in [5.74, 6) is -0.130. The van der Waals surface area contributed by atoms with Crippen molar-refractivity contribution in [3.63, 3.8) is 0 Å². The lowest BCUT2D eigenvalue weighted by Crippen LogP contribution is -2.31. The van der Waals surface area contributed by atoms with Gasteiger partial charge in [0.2, 0.25) is 11.8 Å². The molecule has 0 N–H and O–H groups in total. The summed E-state index contributed by atoms with van der Waals surface area (Å²) in [7, 11) is 4.58. The van der Waals surface area contributed by atoms with Crippen molar-refractivity contribution in [3.8, 4) is 28.6 Å². The van der Waals surface area contributed by atoms with Gasteiger partial charge >= 0.3 is 0 Å². The number of amides is 2. The Balaban J connectivity index is 1.72. The molecule has 2 amide bonds. The number of allylic oxidation sites excluding steroid dienone is 2. The molecule has 3 atom stereocenters. The number of imide groups is 1. The fourth-order valence-electron chi connectivity index (χ4n) is 5.71. The average molecular weight is 504 g/mol. The van der Waals surface area contributed by atoms with Gasteiger partial charge in [-0.05, 0) is 44.5 Å². The topological polar surface area (TPSA) is 95.3 Å². The monoisotopic (exact) mass is 503 g/mol. The second kappa shape index (κ2) is 9.42. The molecule has 0 unspecified atom stereocenters. The van der Waals surface area contributed by atoms with E-state index in [4.69, 9.17) is 18.6 Å². The number of benzene rings is 2. The Morgan fingerprint density at radius 1 is 0.973 bits per heavy atom. The van der Waals surface area contributed by atoms with E-state index in [1.165, 1.54) is 25.2 Å². The molecule has 0 spiro atoms. The number of carbonyl (C=O) groups excluding carboxylic acids is 2. The normalized spacial score (nSPS) is 21.2. The zero-order valence-electron chi connectivity index (χ0n) is 21.5. The maximum absolute atomic E-state index is 13.5. The summed E-state index contributed by atoms with van der Waals surface area (Å²) in [5, 5.41) is 0.257. The van der Waals surface area contributed by atoms with Crippen LogP contribution in [0.3, 0.4) is 0 Å². The number of nitrogens with zero attached hydrogens (tertiary/aromatic N) is 1. The van der Waals surface area contributed by atoms with E-state index in [0.717, 1.165) is 5.57 Å². The summed E-state index contributed by atoms with van der Waals surface area (Å²) in [6, 6.07) is 10.3. The molecule has 5 rings (SSSR count). The summed E-state index contributed by atoms with van der Waals surface area (Å²) in [5.41, 5.74) is 2.29. The Morgan fingerprint density at radius 2 is 1.70 bits per heavy atom. The van der Waals surface area contributed by atoms with Crippen LogP contribution in [0.1, 0.15) is 31.7 Å². The van der Waals surface area contributed by atoms with Crippen LogP contribution in [0.5, 0.6) is 17.2 Å². The largest absolute Gasteiger partial charge is 0.497 e. The number of fused-ring (bicyclic) bond motifs is 2. The predicted molar refractivity (Wildman–Crippen MR) is 138 cm³/mol. The first kappa shape index (κ1) is 24.6. The molecule has 1 aliphatic heterocycles. The number of likely N-dealkylation sites (tertiary alicyclic amines) is 1. The highest BCUT2D eigenvalue weighted by molar-refractivity contribution is 6.06. The van der Waals surface area contributed by atoms with Gasteiger partial charge in [0.05, 0.1) is 33.2 Å². The number of ether oxygens (including phenoxy) is 3. The van der Waals surface area contributed by atoms with E-state index < -0.39 is 17.8 Å². The van der Waals surface area contributed by atoms with Crippen molar-refractivity contribution in [2.45, 2.75) is 26.2 Å². The summed E-state index contributed by atoms with van der Waals surface area (Å²) < 4.78 is 23.0. The highest BCUT2D eigenvalue weighted by atomic mass is 16.5. The van der Waals surface area contributed by atoms with Crippen LogP contribution < -0.4 is 19.6 Å². The third kappa shape index (κ3) is 3.87. The molecule has 8 nitrogen and oxygen atoms in total. The van der Waals surface area contributed by atoms with Crippen LogP contribution in [0.2, 0.25) is 0 Å². The molecule has 1 fully saturated rings. The Morgan fingerprint density at radius 3 is 2.32 bits per heavy atom. The first-order valence-electron chi connectivity index (χ1n) is 12.2. The quantitative estimate of drug-likeness (QED) is 0.360. The van der Waals surface area contributed by atoms with E-state index in [1.807, 2.05) is 25.1 Å². The first-order chi connectivity index (χ1) is 17.8. The van der Waals surface area contributed by atoms with Crippen molar-refractivity contribution in [2.75, 3.05) is 27.9 Å². The van der Waals surface area contributed by atoms with Crippen LogP contribution in [0.4, 0.5) is 0 Å². The zero-order chi connectivity index (χ0) is 26.4. The van der Waals surface area contributed by atoms with E-state index in [0.29, 0.717) is 46.9 Å². The fourth-order valence-corrected chi connectivity index (χ4v) is 5.71. The van der Waals surface area contributed by atoms with Gasteiger partial charge in [0, 0.05) is 35.7 Å². The van der Waals surface area contributed by atoms with Crippen LogP contribution >= 0.6 is 0 Å². The van der Waals surface area contributed by atoms with E-state index in [1.54, 1.807) is 32.2 Å². The minimum atomic E-state index is -0.595. The van der Waals surface area contributed by atoms with Crippen LogP contribution in [-0.4, -0.2) is 44.6 Å². The molecule has 0 saturated carbocycles. The predicted octanol–water partition coefficient (Wildman–Crippen LogP) is 4.54. The molecule has 3 aromatic rings. The molecule has 1 aromatic heterocycles. The Bertz CT molecular complexity index is 1480. The molecule has 192 valence electrons. The smallest absolute Gasteiger partial charge is 0.234 e. The van der Waals surface area contributed by atoms with Crippen molar-refractivity contribution >= 4 is 22.8 Å². The fraction of sp³-hybridized carbons (Fsp3) is 0.345. The molecular weight excluding hydrogens is 474 g/mol. The van der Waals surface area contributed by atoms with Gasteiger partial charge in [0.15, 0.2) is 5.43 Å². The standard InChI is InChI=1S/C29H29NO7/c1-6-30-28(32)19-12-15(2)11-18(24(19)29(30)33)25-22(35-4)14-23-26(27(25)36-5)20(31)13-21(37-23)16-7-9-17(34-3)10-8-16/h7-11,13-14,18-19,24H,6,12H2,1-5H3/t18-,19+,24-/m0/s1. The second-order valence-electron chi connectivity index (χ2n) is 9.40. The third-order valence-corrected chi connectivity index (χ3v) is 7.38. The summed E-state index contributed by atoms with van der Waals surface area (Å²) in [4.78, 5) is 41.2.